The summed E-state index contributed by atoms with van der Waals surface area (Å²) < 4.78 is 8.20. The summed E-state index contributed by atoms with van der Waals surface area (Å²) in [5.74, 6) is -0.301. The fourth-order valence-electron chi connectivity index (χ4n) is 1.61. The number of fused-ring (bicyclic) bond motifs is 1. The molecule has 0 aliphatic heterocycles. The summed E-state index contributed by atoms with van der Waals surface area (Å²) >= 11 is 7.13. The number of nitrogens with zero attached hydrogens (tertiary/aromatic N) is 4. The monoisotopic (exact) mass is 306 g/mol. The van der Waals surface area contributed by atoms with Gasteiger partial charge in [-0.3, -0.25) is 9.78 Å². The second-order valence-corrected chi connectivity index (χ2v) is 4.77. The van der Waals surface area contributed by atoms with Crippen molar-refractivity contribution in [1.29, 1.82) is 0 Å². The number of benzene rings is 1. The Morgan fingerprint density at radius 2 is 2.15 bits per heavy atom. The van der Waals surface area contributed by atoms with Crippen LogP contribution in [0.15, 0.2) is 24.5 Å². The largest absolute Gasteiger partial charge is 0.382 e. The lowest BCUT2D eigenvalue weighted by atomic mass is 10.2. The van der Waals surface area contributed by atoms with Crippen molar-refractivity contribution in [3.8, 4) is 0 Å². The first-order valence-corrected chi connectivity index (χ1v) is 6.55. The lowest BCUT2D eigenvalue weighted by molar-refractivity contribution is 0.102. The van der Waals surface area contributed by atoms with Crippen molar-refractivity contribution in [2.75, 3.05) is 11.1 Å². The van der Waals surface area contributed by atoms with Gasteiger partial charge in [0.2, 0.25) is 0 Å². The van der Waals surface area contributed by atoms with Crippen LogP contribution in [0, 0.1) is 0 Å². The molecule has 3 N–H and O–H groups in total. The van der Waals surface area contributed by atoms with Crippen molar-refractivity contribution in [2.24, 2.45) is 0 Å². The number of anilines is 2. The fraction of sp³-hybridized carbons (Fsp3) is 0. The third-order valence-electron chi connectivity index (χ3n) is 2.50. The van der Waals surface area contributed by atoms with E-state index in [4.69, 9.17) is 17.3 Å². The molecule has 0 atom stereocenters. The van der Waals surface area contributed by atoms with Gasteiger partial charge in [0.1, 0.15) is 22.5 Å². The number of nitrogens with one attached hydrogen (secondary N) is 1. The molecule has 100 valence electrons. The molecule has 0 spiro atoms. The first kappa shape index (κ1) is 12.7. The van der Waals surface area contributed by atoms with Gasteiger partial charge in [-0.25, -0.2) is 4.98 Å². The van der Waals surface area contributed by atoms with Crippen molar-refractivity contribution in [2.45, 2.75) is 0 Å². The lowest BCUT2D eigenvalue weighted by Gasteiger charge is -2.07. The highest BCUT2D eigenvalue weighted by molar-refractivity contribution is 7.00. The number of hydrogen-bond donors (Lipinski definition) is 2. The van der Waals surface area contributed by atoms with Crippen molar-refractivity contribution in [1.82, 2.24) is 18.7 Å². The molecule has 0 unspecified atom stereocenters. The van der Waals surface area contributed by atoms with E-state index in [1.54, 1.807) is 12.1 Å². The molecule has 0 saturated heterocycles. The molecule has 3 rings (SSSR count). The molecule has 3 aromatic rings. The number of carbonyl (C=O) groups excluding carboxylic acids is 1. The first-order chi connectivity index (χ1) is 9.65. The van der Waals surface area contributed by atoms with Crippen LogP contribution in [-0.4, -0.2) is 24.6 Å². The maximum Gasteiger partial charge on any atom is 0.276 e. The van der Waals surface area contributed by atoms with Gasteiger partial charge in [0.05, 0.1) is 34.8 Å². The highest BCUT2D eigenvalue weighted by atomic mass is 35.5. The van der Waals surface area contributed by atoms with Crippen LogP contribution in [0.2, 0.25) is 5.02 Å². The molecule has 0 bridgehead atoms. The van der Waals surface area contributed by atoms with Gasteiger partial charge >= 0.3 is 0 Å². The van der Waals surface area contributed by atoms with Crippen molar-refractivity contribution in [3.63, 3.8) is 0 Å². The maximum absolute atomic E-state index is 12.1. The zero-order chi connectivity index (χ0) is 14.1. The van der Waals surface area contributed by atoms with E-state index in [2.05, 4.69) is 24.0 Å². The van der Waals surface area contributed by atoms with E-state index < -0.39 is 5.91 Å². The van der Waals surface area contributed by atoms with Gasteiger partial charge < -0.3 is 11.1 Å². The standard InChI is InChI=1S/C11H7ClN6OS/c12-5-1-2-6-10(18-20-17-6)9(5)16-11(19)7-3-14-4-8(13)15-7/h1-4H,(H2,13,15)(H,16,19). The van der Waals surface area contributed by atoms with Gasteiger partial charge in [-0.2, -0.15) is 8.75 Å². The number of nitrogen functional groups attached to an aromatic ring is 1. The summed E-state index contributed by atoms with van der Waals surface area (Å²) in [7, 11) is 0. The SMILES string of the molecule is Nc1cncc(C(=O)Nc2c(Cl)ccc3nsnc23)n1. The predicted molar refractivity (Wildman–Crippen MR) is 76.8 cm³/mol. The van der Waals surface area contributed by atoms with Crippen LogP contribution < -0.4 is 11.1 Å². The molecule has 9 heteroatoms. The number of halogens is 1. The second-order valence-electron chi connectivity index (χ2n) is 3.84. The normalized spacial score (nSPS) is 10.7. The summed E-state index contributed by atoms with van der Waals surface area (Å²) in [5, 5.41) is 3.03. The Morgan fingerprint density at radius 1 is 1.30 bits per heavy atom. The van der Waals surface area contributed by atoms with Crippen molar-refractivity contribution < 1.29 is 4.79 Å². The summed E-state index contributed by atoms with van der Waals surface area (Å²) in [5.41, 5.74) is 7.18. The number of rotatable bonds is 2. The van der Waals surface area contributed by atoms with Gasteiger partial charge in [-0.15, -0.1) is 0 Å². The Bertz CT molecular complexity index is 804. The van der Waals surface area contributed by atoms with E-state index in [0.717, 1.165) is 11.7 Å². The Kier molecular flexibility index (Phi) is 3.17. The van der Waals surface area contributed by atoms with Crippen LogP contribution in [-0.2, 0) is 0 Å². The van der Waals surface area contributed by atoms with E-state index in [9.17, 15) is 4.79 Å². The summed E-state index contributed by atoms with van der Waals surface area (Å²) in [6, 6.07) is 3.38. The third kappa shape index (κ3) is 2.26. The smallest absolute Gasteiger partial charge is 0.276 e. The van der Waals surface area contributed by atoms with Gasteiger partial charge in [-0.05, 0) is 12.1 Å². The molecule has 1 amide bonds. The zero-order valence-corrected chi connectivity index (χ0v) is 11.4. The summed E-state index contributed by atoms with van der Waals surface area (Å²) in [6.45, 7) is 0. The summed E-state index contributed by atoms with van der Waals surface area (Å²) in [6.07, 6.45) is 2.67. The molecule has 0 aliphatic rings. The number of aromatic nitrogens is 4. The molecule has 2 heterocycles. The molecule has 2 aromatic heterocycles. The van der Waals surface area contributed by atoms with Crippen LogP contribution in [0.4, 0.5) is 11.5 Å². The molecule has 1 aromatic carbocycles. The van der Waals surface area contributed by atoms with Crippen LogP contribution in [0.1, 0.15) is 10.5 Å². The van der Waals surface area contributed by atoms with Gasteiger partial charge in [0, 0.05) is 0 Å². The Hall–Kier alpha value is -2.32. The molecule has 20 heavy (non-hydrogen) atoms. The predicted octanol–water partition coefficient (Wildman–Crippen LogP) is 1.97. The number of amides is 1. The average molecular weight is 307 g/mol. The van der Waals surface area contributed by atoms with Crippen LogP contribution in [0.25, 0.3) is 11.0 Å². The topological polar surface area (TPSA) is 107 Å². The number of carbonyl (C=O) groups is 1. The van der Waals surface area contributed by atoms with E-state index in [0.29, 0.717) is 21.7 Å². The highest BCUT2D eigenvalue weighted by Gasteiger charge is 2.15. The lowest BCUT2D eigenvalue weighted by Crippen LogP contribution is -2.15. The van der Waals surface area contributed by atoms with E-state index >= 15 is 0 Å². The maximum atomic E-state index is 12.1. The fourth-order valence-corrected chi connectivity index (χ4v) is 2.36. The molecular weight excluding hydrogens is 300 g/mol. The molecule has 0 aliphatic carbocycles. The minimum absolute atomic E-state index is 0.0984. The number of hydrogen-bond acceptors (Lipinski definition) is 7. The number of nitrogens with two attached hydrogens (primary N) is 1. The minimum atomic E-state index is -0.466. The molecule has 0 saturated carbocycles. The molecule has 0 fully saturated rings. The van der Waals surface area contributed by atoms with Crippen molar-refractivity contribution in [3.05, 3.63) is 35.2 Å². The minimum Gasteiger partial charge on any atom is -0.382 e. The Morgan fingerprint density at radius 3 is 2.95 bits per heavy atom. The van der Waals surface area contributed by atoms with Crippen LogP contribution >= 0.6 is 23.3 Å². The van der Waals surface area contributed by atoms with Gasteiger partial charge in [-0.1, -0.05) is 11.6 Å². The Balaban J connectivity index is 1.99. The Labute approximate surface area is 122 Å². The third-order valence-corrected chi connectivity index (χ3v) is 3.36. The zero-order valence-electron chi connectivity index (χ0n) is 9.87. The first-order valence-electron chi connectivity index (χ1n) is 5.45. The average Bonchev–Trinajstić information content (AvgIpc) is 2.90. The van der Waals surface area contributed by atoms with Gasteiger partial charge in [0.15, 0.2) is 0 Å². The van der Waals surface area contributed by atoms with Crippen LogP contribution in [0.3, 0.4) is 0 Å². The van der Waals surface area contributed by atoms with Gasteiger partial charge in [0.25, 0.3) is 5.91 Å². The second kappa shape index (κ2) is 4.99. The van der Waals surface area contributed by atoms with E-state index in [-0.39, 0.29) is 11.5 Å². The summed E-state index contributed by atoms with van der Waals surface area (Å²) in [4.78, 5) is 19.8. The van der Waals surface area contributed by atoms with Crippen LogP contribution in [0.5, 0.6) is 0 Å². The molecule has 0 radical (unpaired) electrons. The quantitative estimate of drug-likeness (QED) is 0.749. The highest BCUT2D eigenvalue weighted by Crippen LogP contribution is 2.30. The van der Waals surface area contributed by atoms with Crippen molar-refractivity contribution >= 4 is 51.8 Å². The van der Waals surface area contributed by atoms with E-state index in [1.807, 2.05) is 0 Å². The molecule has 7 nitrogen and oxygen atoms in total. The molecular formula is C11H7ClN6OS. The van der Waals surface area contributed by atoms with E-state index in [1.165, 1.54) is 12.4 Å².